The van der Waals surface area contributed by atoms with Crippen LogP contribution in [0.2, 0.25) is 0 Å². The Hall–Kier alpha value is -0.400. The zero-order chi connectivity index (χ0) is 14.6. The van der Waals surface area contributed by atoms with E-state index in [1.54, 1.807) is 0 Å². The largest absolute Gasteiger partial charge is 0.375 e. The molecule has 0 N–H and O–H groups in total. The maximum absolute atomic E-state index is 12.7. The lowest BCUT2D eigenvalue weighted by atomic mass is 9.90. The number of ether oxygens (including phenoxy) is 2. The fraction of sp³-hybridized carbons (Fsp3) is 1.00. The molecule has 2 rings (SSSR count). The number of alkyl halides is 4. The third-order valence-electron chi connectivity index (χ3n) is 3.98. The topological polar surface area (TPSA) is 21.7 Å². The quantitative estimate of drug-likeness (QED) is 0.556. The lowest BCUT2D eigenvalue weighted by molar-refractivity contribution is -0.168. The zero-order valence-corrected chi connectivity index (χ0v) is 11.4. The van der Waals surface area contributed by atoms with Gasteiger partial charge in [-0.1, -0.05) is 12.8 Å². The summed E-state index contributed by atoms with van der Waals surface area (Å²) >= 11 is 0. The zero-order valence-electron chi connectivity index (χ0n) is 11.4. The first-order valence-electron chi connectivity index (χ1n) is 7.10. The fourth-order valence-corrected chi connectivity index (χ4v) is 2.91. The van der Waals surface area contributed by atoms with E-state index in [0.29, 0.717) is 19.2 Å². The van der Waals surface area contributed by atoms with Crippen molar-refractivity contribution >= 4 is 0 Å². The number of morpholine rings is 1. The molecule has 0 aromatic rings. The van der Waals surface area contributed by atoms with Crippen LogP contribution < -0.4 is 0 Å². The number of nitrogens with zero attached hydrogens (tertiary/aromatic N) is 1. The van der Waals surface area contributed by atoms with Crippen LogP contribution in [0.4, 0.5) is 17.6 Å². The van der Waals surface area contributed by atoms with Crippen LogP contribution in [-0.2, 0) is 9.47 Å². The van der Waals surface area contributed by atoms with Crippen molar-refractivity contribution in [3.05, 3.63) is 0 Å². The van der Waals surface area contributed by atoms with Gasteiger partial charge < -0.3 is 9.47 Å². The molecule has 118 valence electrons. The second-order valence-electron chi connectivity index (χ2n) is 5.41. The lowest BCUT2D eigenvalue weighted by Crippen LogP contribution is -2.53. The van der Waals surface area contributed by atoms with Crippen LogP contribution in [0.15, 0.2) is 0 Å². The van der Waals surface area contributed by atoms with Crippen LogP contribution in [0.25, 0.3) is 0 Å². The molecule has 0 aromatic heterocycles. The Kier molecular flexibility index (Phi) is 5.63. The molecule has 0 aromatic carbocycles. The van der Waals surface area contributed by atoms with E-state index in [1.165, 1.54) is 0 Å². The molecule has 0 spiro atoms. The van der Waals surface area contributed by atoms with Gasteiger partial charge >= 0.3 is 12.3 Å². The van der Waals surface area contributed by atoms with Gasteiger partial charge in [-0.15, -0.1) is 0 Å². The molecule has 2 atom stereocenters. The molecule has 20 heavy (non-hydrogen) atoms. The average molecular weight is 299 g/mol. The van der Waals surface area contributed by atoms with E-state index in [9.17, 15) is 17.6 Å². The highest BCUT2D eigenvalue weighted by Gasteiger charge is 2.41. The molecule has 0 unspecified atom stereocenters. The fourth-order valence-electron chi connectivity index (χ4n) is 2.91. The van der Waals surface area contributed by atoms with Crippen molar-refractivity contribution in [1.29, 1.82) is 0 Å². The maximum atomic E-state index is 12.7. The molecule has 1 aliphatic carbocycles. The Morgan fingerprint density at radius 1 is 1.25 bits per heavy atom. The smallest absolute Gasteiger partial charge is 0.330 e. The monoisotopic (exact) mass is 299 g/mol. The van der Waals surface area contributed by atoms with Crippen LogP contribution >= 0.6 is 0 Å². The molecule has 0 bridgehead atoms. The van der Waals surface area contributed by atoms with Crippen LogP contribution in [-0.4, -0.2) is 62.3 Å². The van der Waals surface area contributed by atoms with Crippen LogP contribution in [0.1, 0.15) is 25.7 Å². The minimum Gasteiger partial charge on any atom is -0.375 e. The molecule has 2 aliphatic rings. The van der Waals surface area contributed by atoms with Gasteiger partial charge in [0, 0.05) is 19.1 Å². The molecule has 1 saturated heterocycles. The maximum Gasteiger partial charge on any atom is 0.330 e. The van der Waals surface area contributed by atoms with Gasteiger partial charge in [-0.3, -0.25) is 4.90 Å². The van der Waals surface area contributed by atoms with Gasteiger partial charge in [-0.2, -0.15) is 8.78 Å². The Morgan fingerprint density at radius 3 is 2.75 bits per heavy atom. The summed E-state index contributed by atoms with van der Waals surface area (Å²) in [4.78, 5) is 2.17. The highest BCUT2D eigenvalue weighted by atomic mass is 19.3. The minimum absolute atomic E-state index is 0.0472. The second kappa shape index (κ2) is 7.04. The van der Waals surface area contributed by atoms with Crippen molar-refractivity contribution < 1.29 is 27.0 Å². The Morgan fingerprint density at radius 2 is 2.00 bits per heavy atom. The van der Waals surface area contributed by atoms with E-state index >= 15 is 0 Å². The number of halogens is 4. The summed E-state index contributed by atoms with van der Waals surface area (Å²) in [5, 5.41) is 0. The van der Waals surface area contributed by atoms with Crippen molar-refractivity contribution in [2.45, 2.75) is 50.2 Å². The summed E-state index contributed by atoms with van der Waals surface area (Å²) in [7, 11) is 0. The van der Waals surface area contributed by atoms with E-state index in [1.807, 2.05) is 0 Å². The standard InChI is InChI=1S/C13H21F4NO2/c14-12(15)13(16,17)9-19-7-5-18-6-8-20-11-4-2-1-3-10(11)18/h10-12H,1-9H2/t10-,11-/m1/s1. The number of hydrogen-bond donors (Lipinski definition) is 0. The predicted molar refractivity (Wildman–Crippen MR) is 65.3 cm³/mol. The van der Waals surface area contributed by atoms with Crippen molar-refractivity contribution in [1.82, 2.24) is 4.90 Å². The number of hydrogen-bond acceptors (Lipinski definition) is 3. The predicted octanol–water partition coefficient (Wildman–Crippen LogP) is 2.55. The molecule has 7 heteroatoms. The molecule has 0 radical (unpaired) electrons. The molecule has 3 nitrogen and oxygen atoms in total. The van der Waals surface area contributed by atoms with Gasteiger partial charge in [0.2, 0.25) is 0 Å². The van der Waals surface area contributed by atoms with Gasteiger partial charge in [-0.25, -0.2) is 8.78 Å². The first-order chi connectivity index (χ1) is 9.50. The van der Waals surface area contributed by atoms with Gasteiger partial charge in [0.25, 0.3) is 0 Å². The molecule has 1 heterocycles. The summed E-state index contributed by atoms with van der Waals surface area (Å²) in [5.41, 5.74) is 0. The SMILES string of the molecule is FC(F)C(F)(F)COCCN1CCO[C@@H]2CCCC[C@H]21. The van der Waals surface area contributed by atoms with E-state index in [0.717, 1.165) is 32.2 Å². The van der Waals surface area contributed by atoms with Gasteiger partial charge in [0.15, 0.2) is 0 Å². The summed E-state index contributed by atoms with van der Waals surface area (Å²) in [6.07, 6.45) is 0.925. The first-order valence-corrected chi connectivity index (χ1v) is 7.10. The Bertz CT molecular complexity index is 302. The highest BCUT2D eigenvalue weighted by Crippen LogP contribution is 2.28. The van der Waals surface area contributed by atoms with Crippen molar-refractivity contribution in [2.75, 3.05) is 32.9 Å². The second-order valence-corrected chi connectivity index (χ2v) is 5.41. The van der Waals surface area contributed by atoms with Crippen molar-refractivity contribution in [3.8, 4) is 0 Å². The van der Waals surface area contributed by atoms with Gasteiger partial charge in [0.1, 0.15) is 6.61 Å². The van der Waals surface area contributed by atoms with Crippen LogP contribution in [0.3, 0.4) is 0 Å². The summed E-state index contributed by atoms with van der Waals surface area (Å²) < 4.78 is 59.7. The number of rotatable bonds is 6. The first kappa shape index (κ1) is 16.0. The van der Waals surface area contributed by atoms with Crippen molar-refractivity contribution in [3.63, 3.8) is 0 Å². The minimum atomic E-state index is -4.06. The van der Waals surface area contributed by atoms with Crippen LogP contribution in [0.5, 0.6) is 0 Å². The molecule has 0 amide bonds. The van der Waals surface area contributed by atoms with E-state index in [2.05, 4.69) is 4.90 Å². The normalized spacial score (nSPS) is 28.6. The lowest BCUT2D eigenvalue weighted by Gasteiger charge is -2.43. The van der Waals surface area contributed by atoms with E-state index < -0.39 is 19.0 Å². The number of fused-ring (bicyclic) bond motifs is 1. The average Bonchev–Trinajstić information content (AvgIpc) is 2.43. The third-order valence-corrected chi connectivity index (χ3v) is 3.98. The Labute approximate surface area is 116 Å². The van der Waals surface area contributed by atoms with Gasteiger partial charge in [-0.05, 0) is 12.8 Å². The third kappa shape index (κ3) is 4.05. The summed E-state index contributed by atoms with van der Waals surface area (Å²) in [6, 6.07) is 0.316. The molecule has 1 aliphatic heterocycles. The van der Waals surface area contributed by atoms with E-state index in [4.69, 9.17) is 9.47 Å². The highest BCUT2D eigenvalue weighted by molar-refractivity contribution is 4.87. The summed E-state index contributed by atoms with van der Waals surface area (Å²) in [6.45, 7) is 0.697. The van der Waals surface area contributed by atoms with Gasteiger partial charge in [0.05, 0.1) is 19.3 Å². The summed E-state index contributed by atoms with van der Waals surface area (Å²) in [5.74, 6) is -4.06. The molecule has 1 saturated carbocycles. The molecular weight excluding hydrogens is 278 g/mol. The molecular formula is C13H21F4NO2. The Balaban J connectivity index is 1.70. The van der Waals surface area contributed by atoms with Crippen LogP contribution in [0, 0.1) is 0 Å². The van der Waals surface area contributed by atoms with E-state index in [-0.39, 0.29) is 12.7 Å². The van der Waals surface area contributed by atoms with Crippen molar-refractivity contribution in [2.24, 2.45) is 0 Å². The molecule has 2 fully saturated rings.